The van der Waals surface area contributed by atoms with E-state index in [9.17, 15) is 14.6 Å². The van der Waals surface area contributed by atoms with Crippen LogP contribution in [0.25, 0.3) is 0 Å². The highest BCUT2D eigenvalue weighted by atomic mass is 32.2. The summed E-state index contributed by atoms with van der Waals surface area (Å²) in [6.45, 7) is 1.85. The van der Waals surface area contributed by atoms with Crippen LogP contribution in [0, 0.1) is 0 Å². The summed E-state index contributed by atoms with van der Waals surface area (Å²) in [5.74, 6) is 1.16. The average Bonchev–Trinajstić information content (AvgIpc) is 2.26. The number of benzene rings is 1. The fourth-order valence-electron chi connectivity index (χ4n) is 0.885. The molecule has 1 aromatic carbocycles. The van der Waals surface area contributed by atoms with E-state index in [1.807, 2.05) is 6.92 Å². The minimum Gasteiger partial charge on any atom is -0.507 e. The van der Waals surface area contributed by atoms with Crippen LogP contribution in [0.15, 0.2) is 41.1 Å². The van der Waals surface area contributed by atoms with Crippen LogP contribution in [0.2, 0.25) is 0 Å². The maximum atomic E-state index is 11.4. The molecule has 88 valence electrons. The van der Waals surface area contributed by atoms with Crippen LogP contribution in [0.3, 0.4) is 0 Å². The highest BCUT2D eigenvalue weighted by Crippen LogP contribution is 2.50. The summed E-state index contributed by atoms with van der Waals surface area (Å²) in [5, 5.41) is 9.39. The number of allylic oxidation sites excluding steroid dienone is 1. The zero-order chi connectivity index (χ0) is 12.0. The summed E-state index contributed by atoms with van der Waals surface area (Å²) < 4.78 is 16.2. The molecule has 0 amide bonds. The second kappa shape index (κ2) is 6.11. The molecule has 0 aliphatic rings. The molecule has 0 saturated heterocycles. The first-order chi connectivity index (χ1) is 7.55. The topological polar surface area (TPSA) is 66.8 Å². The second-order valence-corrected chi connectivity index (χ2v) is 5.61. The molecule has 0 radical (unpaired) electrons. The van der Waals surface area contributed by atoms with Gasteiger partial charge in [-0.25, -0.2) is 3.97 Å². The van der Waals surface area contributed by atoms with Crippen molar-refractivity contribution in [3.05, 3.63) is 36.2 Å². The lowest BCUT2D eigenvalue weighted by Gasteiger charge is -2.07. The number of hydrogen-bond acceptors (Lipinski definition) is 4. The molecule has 1 rings (SSSR count). The molecule has 0 aliphatic heterocycles. The van der Waals surface area contributed by atoms with Gasteiger partial charge in [-0.1, -0.05) is 25.1 Å². The summed E-state index contributed by atoms with van der Waals surface area (Å²) in [5.41, 5.74) is 0. The Bertz CT molecular complexity index is 419. The van der Waals surface area contributed by atoms with Gasteiger partial charge in [0.25, 0.3) is 0 Å². The maximum Gasteiger partial charge on any atom is 0.362 e. The van der Waals surface area contributed by atoms with Crippen molar-refractivity contribution in [2.75, 3.05) is 0 Å². The minimum atomic E-state index is -3.72. The van der Waals surface area contributed by atoms with Crippen molar-refractivity contribution in [3.63, 3.8) is 0 Å². The lowest BCUT2D eigenvalue weighted by Crippen LogP contribution is -1.78. The summed E-state index contributed by atoms with van der Waals surface area (Å²) in [6, 6.07) is 6.45. The van der Waals surface area contributed by atoms with E-state index in [0.717, 1.165) is 5.82 Å². The van der Waals surface area contributed by atoms with E-state index < -0.39 is 7.60 Å². The number of aromatic hydroxyl groups is 1. The molecule has 1 atom stereocenters. The third-order valence-corrected chi connectivity index (χ3v) is 3.89. The Hall–Kier alpha value is -0.740. The standard InChI is InChI=1S/C10H13O4PS/c1-2-3-8-15(12,13)14-16-10-7-5-4-6-9(10)11/h3-8,11H,2H2,1H3,(H,12,13). The van der Waals surface area contributed by atoms with Crippen molar-refractivity contribution in [1.29, 1.82) is 0 Å². The minimum absolute atomic E-state index is 0.0203. The molecule has 0 aliphatic carbocycles. The van der Waals surface area contributed by atoms with Gasteiger partial charge < -0.3 is 10.00 Å². The van der Waals surface area contributed by atoms with Gasteiger partial charge in [-0.2, -0.15) is 0 Å². The molecular weight excluding hydrogens is 247 g/mol. The van der Waals surface area contributed by atoms with Gasteiger partial charge in [0.2, 0.25) is 0 Å². The molecule has 0 heterocycles. The van der Waals surface area contributed by atoms with Crippen LogP contribution in [-0.4, -0.2) is 10.00 Å². The van der Waals surface area contributed by atoms with Crippen LogP contribution >= 0.6 is 19.6 Å². The number of phenolic OH excluding ortho intramolecular Hbond substituents is 1. The maximum absolute atomic E-state index is 11.4. The molecule has 0 aromatic heterocycles. The van der Waals surface area contributed by atoms with E-state index in [0.29, 0.717) is 23.4 Å². The van der Waals surface area contributed by atoms with Crippen LogP contribution in [0.4, 0.5) is 0 Å². The second-order valence-electron chi connectivity index (χ2n) is 2.98. The quantitative estimate of drug-likeness (QED) is 0.626. The van der Waals surface area contributed by atoms with Gasteiger partial charge in [-0.3, -0.25) is 4.57 Å². The Morgan fingerprint density at radius 3 is 2.81 bits per heavy atom. The number of para-hydroxylation sites is 1. The Labute approximate surface area is 98.7 Å². The Kier molecular flexibility index (Phi) is 5.09. The normalized spacial score (nSPS) is 15.1. The molecule has 0 bridgehead atoms. The third kappa shape index (κ3) is 4.41. The number of rotatable bonds is 5. The Balaban J connectivity index is 2.61. The van der Waals surface area contributed by atoms with Crippen molar-refractivity contribution >= 4 is 19.6 Å². The highest BCUT2D eigenvalue weighted by molar-refractivity contribution is 7.98. The summed E-state index contributed by atoms with van der Waals surface area (Å²) in [6.07, 6.45) is 2.22. The average molecular weight is 260 g/mol. The monoisotopic (exact) mass is 260 g/mol. The van der Waals surface area contributed by atoms with E-state index in [2.05, 4.69) is 0 Å². The van der Waals surface area contributed by atoms with Gasteiger partial charge in [0, 0.05) is 17.9 Å². The van der Waals surface area contributed by atoms with Gasteiger partial charge in [0.15, 0.2) is 0 Å². The van der Waals surface area contributed by atoms with Crippen molar-refractivity contribution in [2.45, 2.75) is 18.2 Å². The van der Waals surface area contributed by atoms with E-state index in [1.165, 1.54) is 6.07 Å². The van der Waals surface area contributed by atoms with E-state index in [-0.39, 0.29) is 5.75 Å². The van der Waals surface area contributed by atoms with Gasteiger partial charge in [0.1, 0.15) is 5.75 Å². The molecule has 0 spiro atoms. The number of phenols is 1. The molecule has 0 saturated carbocycles. The summed E-state index contributed by atoms with van der Waals surface area (Å²) in [4.78, 5) is 9.75. The van der Waals surface area contributed by atoms with Crippen molar-refractivity contribution in [2.24, 2.45) is 0 Å². The lowest BCUT2D eigenvalue weighted by atomic mass is 10.3. The van der Waals surface area contributed by atoms with Gasteiger partial charge in [0.05, 0.1) is 4.90 Å². The Morgan fingerprint density at radius 1 is 1.50 bits per heavy atom. The van der Waals surface area contributed by atoms with E-state index in [1.54, 1.807) is 24.3 Å². The third-order valence-electron chi connectivity index (χ3n) is 1.63. The highest BCUT2D eigenvalue weighted by Gasteiger charge is 2.16. The fraction of sp³-hybridized carbons (Fsp3) is 0.200. The van der Waals surface area contributed by atoms with Gasteiger partial charge in [-0.15, -0.1) is 0 Å². The SMILES string of the molecule is CCC=CP(=O)(O)OSc1ccccc1O. The first-order valence-corrected chi connectivity index (χ1v) is 7.08. The largest absolute Gasteiger partial charge is 0.507 e. The molecule has 2 N–H and O–H groups in total. The first kappa shape index (κ1) is 13.3. The van der Waals surface area contributed by atoms with Gasteiger partial charge >= 0.3 is 7.60 Å². The van der Waals surface area contributed by atoms with Crippen LogP contribution in [0.5, 0.6) is 5.75 Å². The lowest BCUT2D eigenvalue weighted by molar-refractivity contribution is 0.413. The number of hydrogen-bond donors (Lipinski definition) is 2. The molecule has 1 aromatic rings. The predicted molar refractivity (Wildman–Crippen MR) is 64.3 cm³/mol. The summed E-state index contributed by atoms with van der Waals surface area (Å²) in [7, 11) is -3.72. The summed E-state index contributed by atoms with van der Waals surface area (Å²) >= 11 is 0.690. The zero-order valence-corrected chi connectivity index (χ0v) is 10.4. The molecule has 0 fully saturated rings. The Morgan fingerprint density at radius 2 is 2.19 bits per heavy atom. The fourth-order valence-corrected chi connectivity index (χ4v) is 2.60. The van der Waals surface area contributed by atoms with Crippen molar-refractivity contribution < 1.29 is 18.5 Å². The van der Waals surface area contributed by atoms with E-state index in [4.69, 9.17) is 3.97 Å². The zero-order valence-electron chi connectivity index (χ0n) is 8.74. The first-order valence-electron chi connectivity index (χ1n) is 4.69. The molecule has 16 heavy (non-hydrogen) atoms. The predicted octanol–water partition coefficient (Wildman–Crippen LogP) is 3.53. The molecule has 4 nitrogen and oxygen atoms in total. The van der Waals surface area contributed by atoms with Crippen LogP contribution < -0.4 is 0 Å². The molecule has 1 unspecified atom stereocenters. The van der Waals surface area contributed by atoms with Crippen molar-refractivity contribution in [3.8, 4) is 5.75 Å². The van der Waals surface area contributed by atoms with Crippen LogP contribution in [0.1, 0.15) is 13.3 Å². The van der Waals surface area contributed by atoms with Gasteiger partial charge in [-0.05, 0) is 18.6 Å². The van der Waals surface area contributed by atoms with Crippen LogP contribution in [-0.2, 0) is 8.54 Å². The van der Waals surface area contributed by atoms with Crippen molar-refractivity contribution in [1.82, 2.24) is 0 Å². The molecule has 6 heteroatoms. The van der Waals surface area contributed by atoms with E-state index >= 15 is 0 Å². The smallest absolute Gasteiger partial charge is 0.362 e. The molecular formula is C10H13O4PS.